The Morgan fingerprint density at radius 2 is 1.55 bits per heavy atom. The van der Waals surface area contributed by atoms with Crippen molar-refractivity contribution in [3.05, 3.63) is 17.7 Å². The highest BCUT2D eigenvalue weighted by atomic mass is 16.5. The number of carbonyl (C=O) groups excluding carboxylic acids is 1. The number of methoxy groups -OCH3 is 3. The minimum Gasteiger partial charge on any atom is -0.496 e. The Bertz CT molecular complexity index is 525. The van der Waals surface area contributed by atoms with Crippen LogP contribution in [-0.4, -0.2) is 39.3 Å². The highest BCUT2D eigenvalue weighted by molar-refractivity contribution is 5.98. The molecule has 0 aromatic heterocycles. The van der Waals surface area contributed by atoms with Gasteiger partial charge in [0.05, 0.1) is 26.9 Å². The maximum Gasteiger partial charge on any atom is 0.255 e. The number of ether oxygens (including phenoxy) is 3. The largest absolute Gasteiger partial charge is 0.496 e. The molecule has 122 valence electrons. The summed E-state index contributed by atoms with van der Waals surface area (Å²) < 4.78 is 15.8. The predicted octanol–water partition coefficient (Wildman–Crippen LogP) is 1.71. The molecule has 0 bridgehead atoms. The van der Waals surface area contributed by atoms with Crippen LogP contribution >= 0.6 is 0 Å². The molecular weight excluding hydrogens is 284 g/mol. The van der Waals surface area contributed by atoms with Crippen LogP contribution in [0.5, 0.6) is 17.2 Å². The predicted molar refractivity (Wildman–Crippen MR) is 83.8 cm³/mol. The van der Waals surface area contributed by atoms with Crippen LogP contribution in [0, 0.1) is 0 Å². The molecular formula is C16H24N2O4. The highest BCUT2D eigenvalue weighted by Crippen LogP contribution is 2.34. The zero-order chi connectivity index (χ0) is 16.1. The molecule has 0 heterocycles. The normalized spacial score (nSPS) is 21.1. The lowest BCUT2D eigenvalue weighted by molar-refractivity contribution is 0.0922. The van der Waals surface area contributed by atoms with Crippen molar-refractivity contribution in [2.75, 3.05) is 21.3 Å². The molecule has 2 rings (SSSR count). The molecule has 0 unspecified atom stereocenters. The first-order chi connectivity index (χ1) is 10.6. The van der Waals surface area contributed by atoms with E-state index >= 15 is 0 Å². The molecule has 1 aliphatic rings. The van der Waals surface area contributed by atoms with Crippen LogP contribution in [0.15, 0.2) is 12.1 Å². The third-order valence-electron chi connectivity index (χ3n) is 4.06. The second-order valence-electron chi connectivity index (χ2n) is 5.49. The molecule has 0 radical (unpaired) electrons. The molecule has 6 heteroatoms. The number of amides is 1. The average Bonchev–Trinajstić information content (AvgIpc) is 2.55. The Labute approximate surface area is 130 Å². The van der Waals surface area contributed by atoms with Gasteiger partial charge in [0.25, 0.3) is 5.91 Å². The molecule has 1 aliphatic carbocycles. The summed E-state index contributed by atoms with van der Waals surface area (Å²) in [5.41, 5.74) is 6.33. The summed E-state index contributed by atoms with van der Waals surface area (Å²) in [5, 5.41) is 3.05. The summed E-state index contributed by atoms with van der Waals surface area (Å²) in [4.78, 5) is 12.5. The van der Waals surface area contributed by atoms with Crippen LogP contribution in [-0.2, 0) is 0 Å². The first-order valence-electron chi connectivity index (χ1n) is 7.45. The molecule has 6 nitrogen and oxygen atoms in total. The van der Waals surface area contributed by atoms with Gasteiger partial charge in [-0.2, -0.15) is 0 Å². The topological polar surface area (TPSA) is 82.8 Å². The third-order valence-corrected chi connectivity index (χ3v) is 4.06. The molecule has 22 heavy (non-hydrogen) atoms. The number of benzene rings is 1. The lowest BCUT2D eigenvalue weighted by Crippen LogP contribution is -2.40. The molecule has 1 aromatic carbocycles. The van der Waals surface area contributed by atoms with Gasteiger partial charge in [-0.15, -0.1) is 0 Å². The standard InChI is InChI=1S/C16H24N2O4/c1-20-13-9-15(22-3)14(21-2)8-12(13)16(19)18-11-6-4-10(17)5-7-11/h8-11H,4-7,17H2,1-3H3,(H,18,19). The molecule has 1 fully saturated rings. The van der Waals surface area contributed by atoms with Crippen LogP contribution in [0.4, 0.5) is 0 Å². The minimum absolute atomic E-state index is 0.158. The fraction of sp³-hybridized carbons (Fsp3) is 0.562. The molecule has 0 spiro atoms. The number of nitrogens with two attached hydrogens (primary N) is 1. The Hall–Kier alpha value is -1.95. The van der Waals surface area contributed by atoms with Crippen LogP contribution < -0.4 is 25.3 Å². The quantitative estimate of drug-likeness (QED) is 0.865. The molecule has 0 atom stereocenters. The second-order valence-corrected chi connectivity index (χ2v) is 5.49. The molecule has 0 aliphatic heterocycles. The molecule has 1 saturated carbocycles. The third kappa shape index (κ3) is 3.62. The van der Waals surface area contributed by atoms with Gasteiger partial charge >= 0.3 is 0 Å². The van der Waals surface area contributed by atoms with Gasteiger partial charge in [-0.05, 0) is 25.7 Å². The van der Waals surface area contributed by atoms with Crippen LogP contribution in [0.1, 0.15) is 36.0 Å². The summed E-state index contributed by atoms with van der Waals surface area (Å²) in [6.45, 7) is 0. The van der Waals surface area contributed by atoms with Crippen molar-refractivity contribution in [3.63, 3.8) is 0 Å². The summed E-state index contributed by atoms with van der Waals surface area (Å²) in [5.74, 6) is 1.32. The number of carbonyl (C=O) groups is 1. The van der Waals surface area contributed by atoms with Gasteiger partial charge in [0.2, 0.25) is 0 Å². The molecule has 1 aromatic rings. The number of nitrogens with one attached hydrogen (secondary N) is 1. The van der Waals surface area contributed by atoms with Crippen molar-refractivity contribution in [1.82, 2.24) is 5.32 Å². The van der Waals surface area contributed by atoms with Gasteiger partial charge in [-0.3, -0.25) is 4.79 Å². The van der Waals surface area contributed by atoms with Crippen LogP contribution in [0.25, 0.3) is 0 Å². The Morgan fingerprint density at radius 3 is 2.09 bits per heavy atom. The van der Waals surface area contributed by atoms with E-state index in [9.17, 15) is 4.79 Å². The maximum absolute atomic E-state index is 12.5. The fourth-order valence-corrected chi connectivity index (χ4v) is 2.73. The Balaban J connectivity index is 2.17. The lowest BCUT2D eigenvalue weighted by Gasteiger charge is -2.27. The van der Waals surface area contributed by atoms with E-state index in [2.05, 4.69) is 5.32 Å². The van der Waals surface area contributed by atoms with Crippen molar-refractivity contribution in [3.8, 4) is 17.2 Å². The van der Waals surface area contributed by atoms with E-state index in [0.29, 0.717) is 22.8 Å². The van der Waals surface area contributed by atoms with Gasteiger partial charge in [0.15, 0.2) is 11.5 Å². The monoisotopic (exact) mass is 308 g/mol. The summed E-state index contributed by atoms with van der Waals surface area (Å²) in [6.07, 6.45) is 3.69. The minimum atomic E-state index is -0.168. The summed E-state index contributed by atoms with van der Waals surface area (Å²) in [6, 6.07) is 3.71. The number of rotatable bonds is 5. The van der Waals surface area contributed by atoms with Gasteiger partial charge in [0, 0.05) is 24.2 Å². The number of hydrogen-bond donors (Lipinski definition) is 2. The van der Waals surface area contributed by atoms with E-state index in [1.54, 1.807) is 19.2 Å². The Kier molecular flexibility index (Phi) is 5.49. The molecule has 0 saturated heterocycles. The molecule has 3 N–H and O–H groups in total. The van der Waals surface area contributed by atoms with E-state index in [0.717, 1.165) is 25.7 Å². The fourth-order valence-electron chi connectivity index (χ4n) is 2.73. The van der Waals surface area contributed by atoms with Gasteiger partial charge in [0.1, 0.15) is 5.75 Å². The first-order valence-corrected chi connectivity index (χ1v) is 7.45. The van der Waals surface area contributed by atoms with E-state index in [1.165, 1.54) is 14.2 Å². The maximum atomic E-state index is 12.5. The van der Waals surface area contributed by atoms with Gasteiger partial charge in [-0.1, -0.05) is 0 Å². The average molecular weight is 308 g/mol. The highest BCUT2D eigenvalue weighted by Gasteiger charge is 2.23. The van der Waals surface area contributed by atoms with Crippen molar-refractivity contribution in [2.45, 2.75) is 37.8 Å². The first kappa shape index (κ1) is 16.4. The number of hydrogen-bond acceptors (Lipinski definition) is 5. The smallest absolute Gasteiger partial charge is 0.255 e. The van der Waals surface area contributed by atoms with E-state index in [1.807, 2.05) is 0 Å². The Morgan fingerprint density at radius 1 is 1.00 bits per heavy atom. The summed E-state index contributed by atoms with van der Waals surface area (Å²) in [7, 11) is 4.61. The van der Waals surface area contributed by atoms with Gasteiger partial charge in [-0.25, -0.2) is 0 Å². The van der Waals surface area contributed by atoms with E-state index < -0.39 is 0 Å². The van der Waals surface area contributed by atoms with E-state index in [-0.39, 0.29) is 18.0 Å². The van der Waals surface area contributed by atoms with Crippen molar-refractivity contribution in [2.24, 2.45) is 5.73 Å². The SMILES string of the molecule is COc1cc(OC)c(C(=O)NC2CCC(N)CC2)cc1OC. The van der Waals surface area contributed by atoms with Gasteiger partial charge < -0.3 is 25.3 Å². The zero-order valence-electron chi connectivity index (χ0n) is 13.3. The van der Waals surface area contributed by atoms with Crippen LogP contribution in [0.2, 0.25) is 0 Å². The lowest BCUT2D eigenvalue weighted by atomic mass is 9.91. The van der Waals surface area contributed by atoms with Crippen molar-refractivity contribution >= 4 is 5.91 Å². The van der Waals surface area contributed by atoms with Crippen LogP contribution in [0.3, 0.4) is 0 Å². The zero-order valence-corrected chi connectivity index (χ0v) is 13.3. The van der Waals surface area contributed by atoms with Crippen molar-refractivity contribution in [1.29, 1.82) is 0 Å². The second kappa shape index (κ2) is 7.35. The van der Waals surface area contributed by atoms with Crippen molar-refractivity contribution < 1.29 is 19.0 Å². The summed E-state index contributed by atoms with van der Waals surface area (Å²) >= 11 is 0. The van der Waals surface area contributed by atoms with E-state index in [4.69, 9.17) is 19.9 Å². The molecule has 1 amide bonds.